The van der Waals surface area contributed by atoms with E-state index in [1.807, 2.05) is 109 Å². The Morgan fingerprint density at radius 3 is 1.12 bits per heavy atom. The van der Waals surface area contributed by atoms with Crippen LogP contribution in [0.1, 0.15) is 292 Å². The summed E-state index contributed by atoms with van der Waals surface area (Å²) in [6.45, 7) is 27.7. The summed E-state index contributed by atoms with van der Waals surface area (Å²) in [5, 5.41) is 0. The Morgan fingerprint density at radius 2 is 0.757 bits per heavy atom. The van der Waals surface area contributed by atoms with Crippen LogP contribution in [0.25, 0.3) is 0 Å². The maximum atomic E-state index is 13.1. The number of carbonyl (C=O) groups is 2. The first-order valence-electron chi connectivity index (χ1n) is 43.5. The molecule has 584 valence electrons. The molecule has 107 heavy (non-hydrogen) atoms. The lowest BCUT2D eigenvalue weighted by molar-refractivity contribution is -0.152. The average molecular weight is 1460 g/mol. The van der Waals surface area contributed by atoms with Gasteiger partial charge in [-0.25, -0.2) is 0 Å². The van der Waals surface area contributed by atoms with Gasteiger partial charge in [-0.3, -0.25) is 19.6 Å². The highest BCUT2D eigenvalue weighted by atomic mass is 16.5. The smallest absolute Gasteiger partial charge is 0.306 e. The summed E-state index contributed by atoms with van der Waals surface area (Å²) < 4.78 is 36.6. The van der Waals surface area contributed by atoms with E-state index in [0.29, 0.717) is 50.1 Å². The van der Waals surface area contributed by atoms with Crippen LogP contribution in [0, 0.1) is 92.7 Å². The van der Waals surface area contributed by atoms with E-state index in [-0.39, 0.29) is 35.0 Å². The van der Waals surface area contributed by atoms with E-state index in [1.54, 1.807) is 11.1 Å². The molecule has 10 nitrogen and oxygen atoms in total. The molecular weight excluding hydrogens is 1320 g/mol. The molecule has 0 saturated heterocycles. The van der Waals surface area contributed by atoms with Gasteiger partial charge in [0.1, 0.15) is 35.2 Å². The van der Waals surface area contributed by atoms with Crippen LogP contribution < -0.4 is 18.9 Å². The number of hydrogen-bond acceptors (Lipinski definition) is 10. The van der Waals surface area contributed by atoms with Crippen LogP contribution in [0.3, 0.4) is 0 Å². The first kappa shape index (κ1) is 80.4. The van der Waals surface area contributed by atoms with Crippen LogP contribution in [0.5, 0.6) is 23.0 Å². The van der Waals surface area contributed by atoms with E-state index in [1.165, 1.54) is 103 Å². The van der Waals surface area contributed by atoms with Crippen LogP contribution in [-0.2, 0) is 19.1 Å². The number of aliphatic imine (C=N–C) groups is 2. The quantitative estimate of drug-likeness (QED) is 0.0189. The molecule has 6 saturated carbocycles. The Hall–Kier alpha value is -6.16. The highest BCUT2D eigenvalue weighted by Crippen LogP contribution is 2.69. The van der Waals surface area contributed by atoms with Crippen molar-refractivity contribution in [3.05, 3.63) is 131 Å². The molecule has 0 bridgehead atoms. The Morgan fingerprint density at radius 1 is 0.402 bits per heavy atom. The lowest BCUT2D eigenvalue weighted by Crippen LogP contribution is -2.51. The van der Waals surface area contributed by atoms with Gasteiger partial charge in [-0.15, -0.1) is 0 Å². The Kier molecular flexibility index (Phi) is 28.3. The Labute approximate surface area is 647 Å². The molecule has 6 fully saturated rings. The molecule has 0 unspecified atom stereocenters. The minimum atomic E-state index is -0.0335. The fourth-order valence-electron chi connectivity index (χ4n) is 23.1. The molecule has 4 aromatic carbocycles. The molecule has 0 heterocycles. The zero-order chi connectivity index (χ0) is 75.0. The summed E-state index contributed by atoms with van der Waals surface area (Å²) in [5.74, 6) is 13.3. The lowest BCUT2D eigenvalue weighted by atomic mass is 9.47. The maximum absolute atomic E-state index is 13.1. The highest BCUT2D eigenvalue weighted by Gasteiger charge is 2.61. The van der Waals surface area contributed by atoms with Crippen LogP contribution in [0.2, 0.25) is 0 Å². The van der Waals surface area contributed by atoms with Gasteiger partial charge in [-0.2, -0.15) is 0 Å². The second-order valence-corrected chi connectivity index (χ2v) is 37.0. The normalized spacial score (nSPS) is 29.9. The molecule has 0 aliphatic heterocycles. The molecule has 10 heteroatoms. The van der Waals surface area contributed by atoms with Crippen molar-refractivity contribution < 1.29 is 38.0 Å². The molecule has 0 spiro atoms. The number of allylic oxidation sites excluding steroid dienone is 2. The van der Waals surface area contributed by atoms with Crippen molar-refractivity contribution in [3.63, 3.8) is 0 Å². The first-order chi connectivity index (χ1) is 51.8. The third-order valence-electron chi connectivity index (χ3n) is 29.2. The topological polar surface area (TPSA) is 114 Å². The molecule has 0 amide bonds. The fourth-order valence-corrected chi connectivity index (χ4v) is 23.1. The van der Waals surface area contributed by atoms with E-state index in [2.05, 4.69) is 81.4 Å². The molecule has 0 N–H and O–H groups in total. The molecule has 0 aromatic heterocycles. The van der Waals surface area contributed by atoms with E-state index < -0.39 is 0 Å². The number of ether oxygens (including phenoxy) is 6. The zero-order valence-electron chi connectivity index (χ0n) is 68.0. The monoisotopic (exact) mass is 1460 g/mol. The summed E-state index contributed by atoms with van der Waals surface area (Å²) in [6.07, 6.45) is 46.5. The third kappa shape index (κ3) is 20.5. The average Bonchev–Trinajstić information content (AvgIpc) is 1.70. The molecule has 8 aliphatic carbocycles. The lowest BCUT2D eigenvalue weighted by Gasteiger charge is -2.58. The number of fused-ring (bicyclic) bond motifs is 10. The minimum Gasteiger partial charge on any atom is -0.494 e. The first-order valence-corrected chi connectivity index (χ1v) is 43.5. The molecular formula is C97H138N2O8. The van der Waals surface area contributed by atoms with Crippen LogP contribution in [0.4, 0.5) is 11.4 Å². The van der Waals surface area contributed by atoms with E-state index >= 15 is 0 Å². The third-order valence-corrected chi connectivity index (χ3v) is 29.2. The van der Waals surface area contributed by atoms with Gasteiger partial charge in [0, 0.05) is 38.1 Å². The number of nitrogens with zero attached hydrogens (tertiary/aromatic N) is 2. The number of benzene rings is 4. The van der Waals surface area contributed by atoms with E-state index in [4.69, 9.17) is 38.4 Å². The Balaban J connectivity index is 0.452. The zero-order valence-corrected chi connectivity index (χ0v) is 68.0. The van der Waals surface area contributed by atoms with Crippen molar-refractivity contribution in [1.82, 2.24) is 0 Å². The second-order valence-electron chi connectivity index (χ2n) is 37.0. The molecule has 0 radical (unpaired) electrons. The molecule has 4 aromatic rings. The number of hydrogen-bond donors (Lipinski definition) is 0. The van der Waals surface area contributed by atoms with Gasteiger partial charge in [0.05, 0.1) is 37.8 Å². The van der Waals surface area contributed by atoms with Gasteiger partial charge in [0.15, 0.2) is 0 Å². The standard InChI is InChI=1S/C97H138N2O8/c1-68(2)22-20-24-70(5)86-48-50-88-84-46-32-74-64-82(52-56-94(74,7)90(84)54-58-96(86,88)9)106-92(100)26-14-11-16-60-102-78-38-28-72(29-39-78)66-98-76-34-42-80(43-35-76)104-62-18-13-19-63-105-81-44-36-77(37-45-81)99-67-73-30-40-79(41-31-73)103-61-17-12-15-27-93(101)107-83-53-57-95(8)75(65-83)33-47-85-89-51-49-87(71(6)25-21-23-69(3)4)97(89,10)59-55-91(85)95/h28-45,66-71,82-91H,11-27,46-65H2,1-10H3/t70-,71-,82+,83+,84+,85+,86-,87-,88+,89+,90+,91+,94+,95+,96-,97-/m1/s1. The highest BCUT2D eigenvalue weighted by molar-refractivity contribution is 5.83. The second kappa shape index (κ2) is 37.7. The van der Waals surface area contributed by atoms with Gasteiger partial charge in [-0.05, 0) is 349 Å². The van der Waals surface area contributed by atoms with Crippen LogP contribution in [-0.4, -0.2) is 63.0 Å². The predicted octanol–water partition coefficient (Wildman–Crippen LogP) is 25.6. The molecule has 12 rings (SSSR count). The summed E-state index contributed by atoms with van der Waals surface area (Å²) >= 11 is 0. The van der Waals surface area contributed by atoms with Crippen molar-refractivity contribution in [1.29, 1.82) is 0 Å². The van der Waals surface area contributed by atoms with Gasteiger partial charge in [0.2, 0.25) is 0 Å². The van der Waals surface area contributed by atoms with E-state index in [0.717, 1.165) is 213 Å². The SMILES string of the molecule is CC(C)CCC[C@@H](C)[C@H]1CC[C@H]2[C@@H]3CC=C4C[C@@H](OC(=O)CCCCCOc5ccc(C=Nc6ccc(OCCCCCOc7ccc(N=Cc8ccc(OCCCCCC(=O)O[C@H]9CC[C@@]%10(C)C(=CC[C@H]%11[C@@H]%12CC[C@H]([C@H](C)CCCC(C)C)[C@@]%12(C)CC[C@@H]%11%10)C9)cc8)cc7)cc6)cc5)CC[C@]4(C)[C@H]3CC[C@]12C. The van der Waals surface area contributed by atoms with Gasteiger partial charge in [0.25, 0.3) is 0 Å². The van der Waals surface area contributed by atoms with Crippen molar-refractivity contribution in [2.24, 2.45) is 103 Å². The van der Waals surface area contributed by atoms with Crippen LogP contribution >= 0.6 is 0 Å². The number of unbranched alkanes of at least 4 members (excludes halogenated alkanes) is 6. The van der Waals surface area contributed by atoms with Crippen molar-refractivity contribution in [3.8, 4) is 23.0 Å². The number of rotatable bonds is 38. The van der Waals surface area contributed by atoms with Crippen molar-refractivity contribution in [2.45, 2.75) is 293 Å². The molecule has 8 aliphatic rings. The van der Waals surface area contributed by atoms with Gasteiger partial charge < -0.3 is 28.4 Å². The fraction of sp³-hybridized carbons (Fsp3) is 0.670. The van der Waals surface area contributed by atoms with E-state index in [9.17, 15) is 9.59 Å². The van der Waals surface area contributed by atoms with Gasteiger partial charge >= 0.3 is 11.9 Å². The minimum absolute atomic E-state index is 0.0273. The summed E-state index contributed by atoms with van der Waals surface area (Å²) in [4.78, 5) is 35.6. The molecule has 16 atom stereocenters. The summed E-state index contributed by atoms with van der Waals surface area (Å²) in [6, 6.07) is 31.9. The number of carbonyl (C=O) groups excluding carboxylic acids is 2. The Bertz CT molecular complexity index is 3340. The summed E-state index contributed by atoms with van der Waals surface area (Å²) in [5.41, 5.74) is 8.49. The predicted molar refractivity (Wildman–Crippen MR) is 439 cm³/mol. The van der Waals surface area contributed by atoms with Gasteiger partial charge in [-0.1, -0.05) is 131 Å². The summed E-state index contributed by atoms with van der Waals surface area (Å²) in [7, 11) is 0. The maximum Gasteiger partial charge on any atom is 0.306 e. The largest absolute Gasteiger partial charge is 0.494 e. The van der Waals surface area contributed by atoms with Crippen molar-refractivity contribution in [2.75, 3.05) is 26.4 Å². The van der Waals surface area contributed by atoms with Crippen LogP contribution in [0.15, 0.2) is 130 Å². The van der Waals surface area contributed by atoms with Crippen molar-refractivity contribution >= 4 is 35.7 Å². The number of esters is 2.